The van der Waals surface area contributed by atoms with E-state index >= 15 is 0 Å². The quantitative estimate of drug-likeness (QED) is 0.570. The molecule has 13 heteroatoms. The van der Waals surface area contributed by atoms with E-state index in [1.165, 1.54) is 12.1 Å². The molecule has 2 heterocycles. The number of nitrogens with zero attached hydrogens (tertiary/aromatic N) is 3. The number of hydrogen-bond acceptors (Lipinski definition) is 6. The van der Waals surface area contributed by atoms with Crippen LogP contribution in [-0.4, -0.2) is 61.8 Å². The summed E-state index contributed by atoms with van der Waals surface area (Å²) in [4.78, 5) is 31.9. The Bertz CT molecular complexity index is 1170. The van der Waals surface area contributed by atoms with E-state index in [-0.39, 0.29) is 39.2 Å². The number of piperazine rings is 1. The molecule has 2 fully saturated rings. The van der Waals surface area contributed by atoms with Gasteiger partial charge in [0.2, 0.25) is 0 Å². The van der Waals surface area contributed by atoms with Crippen LogP contribution in [0, 0.1) is 0 Å². The predicted molar refractivity (Wildman–Crippen MR) is 119 cm³/mol. The predicted octanol–water partition coefficient (Wildman–Crippen LogP) is 1.92. The minimum Gasteiger partial charge on any atom is -0.369 e. The van der Waals surface area contributed by atoms with Crippen molar-refractivity contribution >= 4 is 27.7 Å². The first-order valence-electron chi connectivity index (χ1n) is 10.8. The third-order valence-corrected chi connectivity index (χ3v) is 7.36. The van der Waals surface area contributed by atoms with Crippen LogP contribution in [-0.2, 0) is 37.4 Å². The van der Waals surface area contributed by atoms with Crippen LogP contribution in [0.1, 0.15) is 17.5 Å². The van der Waals surface area contributed by atoms with Crippen molar-refractivity contribution < 1.29 is 36.0 Å². The molecule has 0 aromatic heterocycles. The number of alkyl halides is 3. The van der Waals surface area contributed by atoms with E-state index in [0.29, 0.717) is 10.8 Å². The first-order chi connectivity index (χ1) is 16.5. The minimum atomic E-state index is -4.43. The van der Waals surface area contributed by atoms with Crippen LogP contribution in [0.3, 0.4) is 0 Å². The molecule has 4 rings (SSSR count). The molecule has 2 amide bonds. The first kappa shape index (κ1) is 25.1. The number of hydroxylamine groups is 2. The number of benzene rings is 2. The lowest BCUT2D eigenvalue weighted by Crippen LogP contribution is -2.54. The third-order valence-electron chi connectivity index (χ3n) is 5.74. The Morgan fingerprint density at radius 1 is 0.943 bits per heavy atom. The molecule has 0 aliphatic carbocycles. The summed E-state index contributed by atoms with van der Waals surface area (Å²) in [5.41, 5.74) is 0.526. The first-order valence-corrected chi connectivity index (χ1v) is 12.2. The second kappa shape index (κ2) is 9.93. The van der Waals surface area contributed by atoms with Gasteiger partial charge in [-0.05, 0) is 29.8 Å². The van der Waals surface area contributed by atoms with Crippen molar-refractivity contribution in [3.8, 4) is 0 Å². The maximum absolute atomic E-state index is 12.8. The molecule has 188 valence electrons. The summed E-state index contributed by atoms with van der Waals surface area (Å²) in [5, 5.41) is 0.586. The Morgan fingerprint density at radius 2 is 1.57 bits per heavy atom. The number of carbonyl (C=O) groups excluding carboxylic acids is 2. The molecule has 0 radical (unpaired) electrons. The van der Waals surface area contributed by atoms with E-state index in [0.717, 1.165) is 22.0 Å². The number of rotatable bonds is 7. The second-order valence-electron chi connectivity index (χ2n) is 8.10. The lowest BCUT2D eigenvalue weighted by Gasteiger charge is -2.35. The molecule has 0 spiro atoms. The number of imide groups is 1. The fourth-order valence-corrected chi connectivity index (χ4v) is 5.19. The molecule has 35 heavy (non-hydrogen) atoms. The van der Waals surface area contributed by atoms with Crippen molar-refractivity contribution in [3.63, 3.8) is 0 Å². The van der Waals surface area contributed by atoms with Crippen molar-refractivity contribution in [2.75, 3.05) is 31.1 Å². The van der Waals surface area contributed by atoms with Gasteiger partial charge in [0.25, 0.3) is 22.0 Å². The van der Waals surface area contributed by atoms with E-state index in [2.05, 4.69) is 4.72 Å². The average Bonchev–Trinajstić information content (AvgIpc) is 3.09. The fraction of sp³-hybridized carbons (Fsp3) is 0.364. The zero-order valence-corrected chi connectivity index (χ0v) is 19.3. The van der Waals surface area contributed by atoms with Gasteiger partial charge in [-0.3, -0.25) is 14.4 Å². The van der Waals surface area contributed by atoms with Crippen molar-refractivity contribution in [3.05, 3.63) is 65.7 Å². The Hall–Kier alpha value is -3.00. The molecule has 1 N–H and O–H groups in total. The zero-order chi connectivity index (χ0) is 25.2. The molecule has 2 aromatic rings. The highest BCUT2D eigenvalue weighted by Gasteiger charge is 2.43. The molecule has 9 nitrogen and oxygen atoms in total. The number of halogens is 3. The summed E-state index contributed by atoms with van der Waals surface area (Å²) in [6.07, 6.45) is -4.80. The van der Waals surface area contributed by atoms with Crippen LogP contribution < -0.4 is 9.62 Å². The highest BCUT2D eigenvalue weighted by Crippen LogP contribution is 2.30. The van der Waals surface area contributed by atoms with Crippen LogP contribution in [0.5, 0.6) is 0 Å². The van der Waals surface area contributed by atoms with Crippen LogP contribution in [0.2, 0.25) is 0 Å². The lowest BCUT2D eigenvalue weighted by atomic mass is 10.2. The van der Waals surface area contributed by atoms with Gasteiger partial charge in [-0.2, -0.15) is 35.7 Å². The van der Waals surface area contributed by atoms with Crippen LogP contribution in [0.4, 0.5) is 18.9 Å². The van der Waals surface area contributed by atoms with Crippen molar-refractivity contribution in [1.82, 2.24) is 14.1 Å². The number of anilines is 1. The van der Waals surface area contributed by atoms with Gasteiger partial charge in [0.15, 0.2) is 0 Å². The van der Waals surface area contributed by atoms with E-state index in [4.69, 9.17) is 4.84 Å². The third kappa shape index (κ3) is 5.81. The van der Waals surface area contributed by atoms with Gasteiger partial charge in [0.1, 0.15) is 12.6 Å². The van der Waals surface area contributed by atoms with Crippen molar-refractivity contribution in [2.24, 2.45) is 0 Å². The smallest absolute Gasteiger partial charge is 0.369 e. The summed E-state index contributed by atoms with van der Waals surface area (Å²) in [6, 6.07) is 12.3. The summed E-state index contributed by atoms with van der Waals surface area (Å²) >= 11 is 0. The van der Waals surface area contributed by atoms with Crippen LogP contribution in [0.15, 0.2) is 54.6 Å². The largest absolute Gasteiger partial charge is 0.416 e. The lowest BCUT2D eigenvalue weighted by molar-refractivity contribution is -0.191. The molecule has 0 unspecified atom stereocenters. The van der Waals surface area contributed by atoms with Gasteiger partial charge in [0.05, 0.1) is 12.0 Å². The Morgan fingerprint density at radius 3 is 2.17 bits per heavy atom. The Labute approximate surface area is 200 Å². The monoisotopic (exact) mass is 512 g/mol. The van der Waals surface area contributed by atoms with Gasteiger partial charge in [-0.25, -0.2) is 0 Å². The highest BCUT2D eigenvalue weighted by atomic mass is 32.2. The van der Waals surface area contributed by atoms with Gasteiger partial charge in [-0.15, -0.1) is 0 Å². The topological polar surface area (TPSA) is 99.3 Å². The van der Waals surface area contributed by atoms with E-state index < -0.39 is 39.8 Å². The summed E-state index contributed by atoms with van der Waals surface area (Å²) in [6.45, 7) is 0.578. The standard InChI is InChI=1S/C22H23F3N4O5S/c23-22(24,25)17-6-8-18(9-7-17)27-10-12-28(13-11-27)35(32,33)26-19-14-20(30)29(21(19)31)34-15-16-4-2-1-3-5-16/h1-9,19,26H,10-15H2/t19-/m0/s1. The Balaban J connectivity index is 1.31. The molecule has 0 saturated carbocycles. The minimum absolute atomic E-state index is 0.0241. The summed E-state index contributed by atoms with van der Waals surface area (Å²) < 4.78 is 67.3. The molecular weight excluding hydrogens is 489 g/mol. The van der Waals surface area contributed by atoms with Crippen molar-refractivity contribution in [2.45, 2.75) is 25.2 Å². The second-order valence-corrected chi connectivity index (χ2v) is 9.80. The zero-order valence-electron chi connectivity index (χ0n) is 18.4. The maximum Gasteiger partial charge on any atom is 0.416 e. The number of carbonyl (C=O) groups is 2. The molecular formula is C22H23F3N4O5S. The van der Waals surface area contributed by atoms with E-state index in [9.17, 15) is 31.2 Å². The maximum atomic E-state index is 12.8. The molecule has 1 atom stereocenters. The SMILES string of the molecule is O=C1C[C@H](NS(=O)(=O)N2CCN(c3ccc(C(F)(F)F)cc3)CC2)C(=O)N1OCc1ccccc1. The molecule has 2 aromatic carbocycles. The van der Waals surface area contributed by atoms with E-state index in [1.807, 2.05) is 6.07 Å². The molecule has 2 aliphatic heterocycles. The molecule has 2 aliphatic rings. The van der Waals surface area contributed by atoms with Gasteiger partial charge >= 0.3 is 6.18 Å². The Kier molecular flexibility index (Phi) is 7.12. The fourth-order valence-electron chi connectivity index (χ4n) is 3.85. The van der Waals surface area contributed by atoms with Gasteiger partial charge < -0.3 is 4.90 Å². The number of amides is 2. The normalized spacial score (nSPS) is 20.0. The van der Waals surface area contributed by atoms with Crippen LogP contribution in [0.25, 0.3) is 0 Å². The molecule has 0 bridgehead atoms. The van der Waals surface area contributed by atoms with Gasteiger partial charge in [-0.1, -0.05) is 30.3 Å². The summed E-state index contributed by atoms with van der Waals surface area (Å²) in [5.74, 6) is -1.44. The van der Waals surface area contributed by atoms with Gasteiger partial charge in [0, 0.05) is 31.9 Å². The molecule has 2 saturated heterocycles. The summed E-state index contributed by atoms with van der Waals surface area (Å²) in [7, 11) is -4.09. The van der Waals surface area contributed by atoms with Crippen LogP contribution >= 0.6 is 0 Å². The highest BCUT2D eigenvalue weighted by molar-refractivity contribution is 7.87. The number of hydrogen-bond donors (Lipinski definition) is 1. The van der Waals surface area contributed by atoms with Crippen molar-refractivity contribution in [1.29, 1.82) is 0 Å². The average molecular weight is 513 g/mol. The number of nitrogens with one attached hydrogen (secondary N) is 1. The van der Waals surface area contributed by atoms with E-state index in [1.54, 1.807) is 29.2 Å².